The molecule has 7 heteroatoms. The smallest absolute Gasteiger partial charge is 0.328 e. The summed E-state index contributed by atoms with van der Waals surface area (Å²) in [5, 5.41) is 0. The first kappa shape index (κ1) is 23.3. The van der Waals surface area contributed by atoms with Crippen LogP contribution in [-0.4, -0.2) is 59.2 Å². The van der Waals surface area contributed by atoms with Gasteiger partial charge in [0.2, 0.25) is 0 Å². The maximum absolute atomic E-state index is 13.9. The number of nitrogens with zero attached hydrogens (tertiary/aromatic N) is 4. The second-order valence-electron chi connectivity index (χ2n) is 10.2. The lowest BCUT2D eigenvalue weighted by Gasteiger charge is -2.39. The highest BCUT2D eigenvalue weighted by molar-refractivity contribution is 5.82. The Morgan fingerprint density at radius 2 is 1.59 bits per heavy atom. The molecule has 34 heavy (non-hydrogen) atoms. The largest absolute Gasteiger partial charge is 0.467 e. The number of benzene rings is 1. The standard InChI is InChI=1S/C27H38N4O3/c1-34-27(33)24-14-9-17-30(24)25-26(32)31(23-13-8-7-12-22(23)28-25)21-15-18-29(19-16-21)20-10-5-3-2-4-6-11-20/h7-8,12-13,20-21,24H,2-6,9-11,14-19H2,1H3/t24-/m0/s1. The van der Waals surface area contributed by atoms with E-state index < -0.39 is 6.04 Å². The van der Waals surface area contributed by atoms with Crippen molar-refractivity contribution in [3.63, 3.8) is 0 Å². The van der Waals surface area contributed by atoms with Gasteiger partial charge in [-0.3, -0.25) is 4.79 Å². The Bertz CT molecular complexity index is 1050. The number of carbonyl (C=O) groups excluding carboxylic acids is 1. The molecule has 1 aliphatic carbocycles. The van der Waals surface area contributed by atoms with Crippen molar-refractivity contribution in [1.82, 2.24) is 14.5 Å². The van der Waals surface area contributed by atoms with Crippen LogP contribution in [0.25, 0.3) is 11.0 Å². The lowest BCUT2D eigenvalue weighted by atomic mass is 9.93. The third-order valence-electron chi connectivity index (χ3n) is 8.23. The van der Waals surface area contributed by atoms with Crippen LogP contribution in [0, 0.1) is 0 Å². The van der Waals surface area contributed by atoms with Crippen molar-refractivity contribution in [3.05, 3.63) is 34.6 Å². The Morgan fingerprint density at radius 3 is 2.32 bits per heavy atom. The second-order valence-corrected chi connectivity index (χ2v) is 10.2. The van der Waals surface area contributed by atoms with E-state index in [0.29, 0.717) is 24.8 Å². The maximum Gasteiger partial charge on any atom is 0.328 e. The molecule has 1 aromatic heterocycles. The number of likely N-dealkylation sites (tertiary alicyclic amines) is 1. The molecule has 1 aromatic carbocycles. The number of para-hydroxylation sites is 2. The minimum absolute atomic E-state index is 0.0705. The van der Waals surface area contributed by atoms with Crippen LogP contribution >= 0.6 is 0 Å². The van der Waals surface area contributed by atoms with E-state index in [2.05, 4.69) is 4.90 Å². The van der Waals surface area contributed by atoms with Gasteiger partial charge in [-0.05, 0) is 50.7 Å². The minimum Gasteiger partial charge on any atom is -0.467 e. The van der Waals surface area contributed by atoms with Crippen LogP contribution < -0.4 is 10.5 Å². The zero-order chi connectivity index (χ0) is 23.5. The first-order valence-electron chi connectivity index (χ1n) is 13.3. The van der Waals surface area contributed by atoms with Gasteiger partial charge < -0.3 is 19.1 Å². The lowest BCUT2D eigenvalue weighted by molar-refractivity contribution is -0.141. The third kappa shape index (κ3) is 4.59. The summed E-state index contributed by atoms with van der Waals surface area (Å²) in [5.74, 6) is 0.111. The van der Waals surface area contributed by atoms with Crippen molar-refractivity contribution >= 4 is 22.8 Å². The first-order chi connectivity index (χ1) is 16.7. The van der Waals surface area contributed by atoms with E-state index in [1.54, 1.807) is 0 Å². The molecule has 0 N–H and O–H groups in total. The number of piperidine rings is 1. The summed E-state index contributed by atoms with van der Waals surface area (Å²) in [6.45, 7) is 2.74. The minimum atomic E-state index is -0.430. The van der Waals surface area contributed by atoms with Crippen LogP contribution in [0.1, 0.15) is 76.7 Å². The zero-order valence-electron chi connectivity index (χ0n) is 20.5. The second kappa shape index (κ2) is 10.5. The van der Waals surface area contributed by atoms with Crippen molar-refractivity contribution in [2.45, 2.75) is 88.8 Å². The average Bonchev–Trinajstić information content (AvgIpc) is 3.33. The molecule has 2 aromatic rings. The van der Waals surface area contributed by atoms with Gasteiger partial charge in [0.1, 0.15) is 6.04 Å². The van der Waals surface area contributed by atoms with Crippen LogP contribution in [0.4, 0.5) is 5.82 Å². The monoisotopic (exact) mass is 466 g/mol. The number of ether oxygens (including phenoxy) is 1. The van der Waals surface area contributed by atoms with Crippen molar-refractivity contribution in [3.8, 4) is 0 Å². The quantitative estimate of drug-likeness (QED) is 0.627. The Labute approximate surface area is 202 Å². The van der Waals surface area contributed by atoms with Crippen molar-refractivity contribution in [1.29, 1.82) is 0 Å². The van der Waals surface area contributed by atoms with Crippen molar-refractivity contribution in [2.24, 2.45) is 0 Å². The van der Waals surface area contributed by atoms with Gasteiger partial charge in [-0.1, -0.05) is 44.2 Å². The molecular weight excluding hydrogens is 428 g/mol. The van der Waals surface area contributed by atoms with Gasteiger partial charge in [0.25, 0.3) is 5.56 Å². The summed E-state index contributed by atoms with van der Waals surface area (Å²) in [6.07, 6.45) is 13.0. The highest BCUT2D eigenvalue weighted by Gasteiger charge is 2.35. The van der Waals surface area contributed by atoms with E-state index in [9.17, 15) is 9.59 Å². The molecule has 1 atom stereocenters. The highest BCUT2D eigenvalue weighted by Crippen LogP contribution is 2.31. The van der Waals surface area contributed by atoms with E-state index >= 15 is 0 Å². The normalized spacial score (nSPS) is 23.7. The first-order valence-corrected chi connectivity index (χ1v) is 13.3. The number of anilines is 1. The molecule has 2 aliphatic heterocycles. The summed E-state index contributed by atoms with van der Waals surface area (Å²) >= 11 is 0. The number of fused-ring (bicyclic) bond motifs is 1. The summed E-state index contributed by atoms with van der Waals surface area (Å²) in [7, 11) is 1.41. The molecule has 3 fully saturated rings. The van der Waals surface area contributed by atoms with Crippen LogP contribution in [0.5, 0.6) is 0 Å². The molecule has 0 radical (unpaired) electrons. The molecular formula is C27H38N4O3. The molecule has 2 saturated heterocycles. The van der Waals surface area contributed by atoms with Gasteiger partial charge in [0.05, 0.1) is 18.1 Å². The molecule has 1 saturated carbocycles. The van der Waals surface area contributed by atoms with Gasteiger partial charge in [0, 0.05) is 31.7 Å². The SMILES string of the molecule is COC(=O)[C@@H]1CCCN1c1nc2ccccc2n(C2CCN(C3CCCCCCC3)CC2)c1=O. The van der Waals surface area contributed by atoms with Gasteiger partial charge in [-0.25, -0.2) is 9.78 Å². The fraction of sp³-hybridized carbons (Fsp3) is 0.667. The molecule has 0 bridgehead atoms. The van der Waals surface area contributed by atoms with Crippen LogP contribution in [-0.2, 0) is 9.53 Å². The molecule has 0 amide bonds. The molecule has 3 aliphatic rings. The highest BCUT2D eigenvalue weighted by atomic mass is 16.5. The maximum atomic E-state index is 13.9. The van der Waals surface area contributed by atoms with E-state index in [0.717, 1.165) is 43.4 Å². The number of hydrogen-bond acceptors (Lipinski definition) is 6. The number of carbonyl (C=O) groups is 1. The number of methoxy groups -OCH3 is 1. The summed E-state index contributed by atoms with van der Waals surface area (Å²) in [6, 6.07) is 8.36. The van der Waals surface area contributed by atoms with Crippen molar-refractivity contribution in [2.75, 3.05) is 31.6 Å². The molecule has 3 heterocycles. The zero-order valence-corrected chi connectivity index (χ0v) is 20.5. The van der Waals surface area contributed by atoms with E-state index in [4.69, 9.17) is 9.72 Å². The molecule has 0 unspecified atom stereocenters. The average molecular weight is 467 g/mol. The van der Waals surface area contributed by atoms with Crippen molar-refractivity contribution < 1.29 is 9.53 Å². The van der Waals surface area contributed by atoms with Crippen LogP contribution in [0.15, 0.2) is 29.1 Å². The Kier molecular flexibility index (Phi) is 7.18. The van der Waals surface area contributed by atoms with Crippen LogP contribution in [0.3, 0.4) is 0 Å². The Balaban J connectivity index is 1.43. The third-order valence-corrected chi connectivity index (χ3v) is 8.23. The predicted molar refractivity (Wildman–Crippen MR) is 134 cm³/mol. The number of aromatic nitrogens is 2. The van der Waals surface area contributed by atoms with Gasteiger partial charge in [0.15, 0.2) is 5.82 Å². The molecule has 0 spiro atoms. The van der Waals surface area contributed by atoms with E-state index in [1.165, 1.54) is 52.1 Å². The number of hydrogen-bond donors (Lipinski definition) is 0. The van der Waals surface area contributed by atoms with Gasteiger partial charge in [-0.15, -0.1) is 0 Å². The topological polar surface area (TPSA) is 67.7 Å². The van der Waals surface area contributed by atoms with E-state index in [1.807, 2.05) is 33.7 Å². The predicted octanol–water partition coefficient (Wildman–Crippen LogP) is 4.29. The Morgan fingerprint density at radius 1 is 0.882 bits per heavy atom. The molecule has 5 rings (SSSR count). The fourth-order valence-corrected chi connectivity index (χ4v) is 6.40. The van der Waals surface area contributed by atoms with Gasteiger partial charge >= 0.3 is 5.97 Å². The number of rotatable bonds is 4. The summed E-state index contributed by atoms with van der Waals surface area (Å²) in [5.41, 5.74) is 1.64. The van der Waals surface area contributed by atoms with E-state index in [-0.39, 0.29) is 17.6 Å². The summed E-state index contributed by atoms with van der Waals surface area (Å²) < 4.78 is 7.01. The molecule has 184 valence electrons. The summed E-state index contributed by atoms with van der Waals surface area (Å²) in [4.78, 5) is 35.6. The van der Waals surface area contributed by atoms with Crippen LogP contribution in [0.2, 0.25) is 0 Å². The number of esters is 1. The Hall–Kier alpha value is -2.41. The molecule has 7 nitrogen and oxygen atoms in total. The lowest BCUT2D eigenvalue weighted by Crippen LogP contribution is -2.45. The fourth-order valence-electron chi connectivity index (χ4n) is 6.40. The van der Waals surface area contributed by atoms with Gasteiger partial charge in [-0.2, -0.15) is 0 Å².